The zero-order valence-corrected chi connectivity index (χ0v) is 11.9. The van der Waals surface area contributed by atoms with Crippen molar-refractivity contribution in [1.29, 1.82) is 0 Å². The van der Waals surface area contributed by atoms with Gasteiger partial charge in [0.25, 0.3) is 0 Å². The van der Waals surface area contributed by atoms with Crippen LogP contribution < -0.4 is 11.3 Å². The quantitative estimate of drug-likeness (QED) is 0.631. The van der Waals surface area contributed by atoms with Gasteiger partial charge in [-0.2, -0.15) is 5.10 Å². The van der Waals surface area contributed by atoms with Crippen molar-refractivity contribution in [3.63, 3.8) is 0 Å². The molecule has 6 heteroatoms. The summed E-state index contributed by atoms with van der Waals surface area (Å²) in [6.45, 7) is 4.93. The topological polar surface area (TPSA) is 69.0 Å². The first kappa shape index (κ1) is 14.1. The highest BCUT2D eigenvalue weighted by Crippen LogP contribution is 2.29. The van der Waals surface area contributed by atoms with Crippen molar-refractivity contribution in [2.24, 2.45) is 5.84 Å². The van der Waals surface area contributed by atoms with Crippen LogP contribution in [0.2, 0.25) is 5.02 Å². The Balaban J connectivity index is 2.38. The van der Waals surface area contributed by atoms with Gasteiger partial charge in [0.05, 0.1) is 16.9 Å². The van der Waals surface area contributed by atoms with E-state index in [2.05, 4.69) is 17.4 Å². The molecule has 0 saturated heterocycles. The molecule has 0 aliphatic rings. The van der Waals surface area contributed by atoms with Crippen LogP contribution in [0.15, 0.2) is 22.7 Å². The SMILES string of the molecule is CCCn1ncc(Cl)c1C(NN)c1ccc(CC)o1. The number of nitrogens with two attached hydrogens (primary N) is 1. The van der Waals surface area contributed by atoms with Crippen LogP contribution in [0.25, 0.3) is 0 Å². The summed E-state index contributed by atoms with van der Waals surface area (Å²) in [4.78, 5) is 0. The van der Waals surface area contributed by atoms with Gasteiger partial charge >= 0.3 is 0 Å². The minimum absolute atomic E-state index is 0.290. The van der Waals surface area contributed by atoms with E-state index in [1.807, 2.05) is 23.7 Å². The zero-order valence-electron chi connectivity index (χ0n) is 11.2. The van der Waals surface area contributed by atoms with Crippen molar-refractivity contribution in [3.05, 3.63) is 40.6 Å². The second-order valence-corrected chi connectivity index (χ2v) is 4.77. The van der Waals surface area contributed by atoms with Crippen molar-refractivity contribution in [2.75, 3.05) is 0 Å². The van der Waals surface area contributed by atoms with E-state index >= 15 is 0 Å². The Hall–Kier alpha value is -1.30. The van der Waals surface area contributed by atoms with E-state index in [1.165, 1.54) is 0 Å². The summed E-state index contributed by atoms with van der Waals surface area (Å²) >= 11 is 6.22. The van der Waals surface area contributed by atoms with Gasteiger partial charge < -0.3 is 4.42 Å². The third kappa shape index (κ3) is 2.83. The first-order valence-corrected chi connectivity index (χ1v) is 6.85. The maximum Gasteiger partial charge on any atom is 0.128 e. The Morgan fingerprint density at radius 3 is 2.84 bits per heavy atom. The predicted octanol–water partition coefficient (Wildman–Crippen LogP) is 2.65. The molecule has 0 radical (unpaired) electrons. The van der Waals surface area contributed by atoms with Crippen LogP contribution in [0.1, 0.15) is 43.5 Å². The van der Waals surface area contributed by atoms with Gasteiger partial charge in [-0.05, 0) is 18.6 Å². The van der Waals surface area contributed by atoms with Gasteiger partial charge in [0, 0.05) is 13.0 Å². The Bertz CT molecular complexity index is 534. The van der Waals surface area contributed by atoms with Crippen LogP contribution in [-0.4, -0.2) is 9.78 Å². The molecule has 19 heavy (non-hydrogen) atoms. The molecule has 104 valence electrons. The van der Waals surface area contributed by atoms with E-state index in [4.69, 9.17) is 21.9 Å². The van der Waals surface area contributed by atoms with E-state index in [9.17, 15) is 0 Å². The molecule has 0 spiro atoms. The molecule has 2 aromatic rings. The van der Waals surface area contributed by atoms with Crippen LogP contribution in [0.3, 0.4) is 0 Å². The summed E-state index contributed by atoms with van der Waals surface area (Å²) in [6.07, 6.45) is 3.46. The summed E-state index contributed by atoms with van der Waals surface area (Å²) in [5.41, 5.74) is 3.59. The number of aryl methyl sites for hydroxylation is 2. The summed E-state index contributed by atoms with van der Waals surface area (Å²) in [6, 6.07) is 3.58. The van der Waals surface area contributed by atoms with E-state index in [1.54, 1.807) is 6.20 Å². The molecule has 1 unspecified atom stereocenters. The predicted molar refractivity (Wildman–Crippen MR) is 74.8 cm³/mol. The van der Waals surface area contributed by atoms with Crippen molar-refractivity contribution >= 4 is 11.6 Å². The Morgan fingerprint density at radius 2 is 2.26 bits per heavy atom. The van der Waals surface area contributed by atoms with E-state index in [0.717, 1.165) is 36.6 Å². The van der Waals surface area contributed by atoms with Crippen LogP contribution in [0, 0.1) is 0 Å². The average Bonchev–Trinajstić information content (AvgIpc) is 3.01. The molecule has 0 aliphatic heterocycles. The number of aromatic nitrogens is 2. The van der Waals surface area contributed by atoms with Gasteiger partial charge in [-0.15, -0.1) is 0 Å². The number of nitrogens with one attached hydrogen (secondary N) is 1. The second-order valence-electron chi connectivity index (χ2n) is 4.36. The lowest BCUT2D eigenvalue weighted by Gasteiger charge is -2.16. The highest BCUT2D eigenvalue weighted by atomic mass is 35.5. The van der Waals surface area contributed by atoms with Crippen LogP contribution in [0.5, 0.6) is 0 Å². The minimum atomic E-state index is -0.290. The number of rotatable bonds is 6. The zero-order chi connectivity index (χ0) is 13.8. The molecule has 3 N–H and O–H groups in total. The molecular formula is C13H19ClN4O. The molecule has 0 aliphatic carbocycles. The summed E-state index contributed by atoms with van der Waals surface area (Å²) in [5, 5.41) is 4.86. The fourth-order valence-corrected chi connectivity index (χ4v) is 2.33. The molecular weight excluding hydrogens is 264 g/mol. The van der Waals surface area contributed by atoms with Gasteiger partial charge in [0.15, 0.2) is 0 Å². The molecule has 5 nitrogen and oxygen atoms in total. The second kappa shape index (κ2) is 6.23. The largest absolute Gasteiger partial charge is 0.464 e. The molecule has 0 aromatic carbocycles. The van der Waals surface area contributed by atoms with Gasteiger partial charge in [0.1, 0.15) is 17.6 Å². The van der Waals surface area contributed by atoms with Gasteiger partial charge in [-0.1, -0.05) is 25.4 Å². The first-order chi connectivity index (χ1) is 9.21. The Morgan fingerprint density at radius 1 is 1.47 bits per heavy atom. The first-order valence-electron chi connectivity index (χ1n) is 6.47. The standard InChI is InChI=1S/C13H19ClN4O/c1-3-7-18-13(10(14)8-16-18)12(17-15)11-6-5-9(4-2)19-11/h5-6,8,12,17H,3-4,7,15H2,1-2H3. The number of hydrogen-bond donors (Lipinski definition) is 2. The molecule has 2 heterocycles. The average molecular weight is 283 g/mol. The van der Waals surface area contributed by atoms with Crippen LogP contribution in [-0.2, 0) is 13.0 Å². The molecule has 1 atom stereocenters. The summed E-state index contributed by atoms with van der Waals surface area (Å²) in [7, 11) is 0. The lowest BCUT2D eigenvalue weighted by molar-refractivity contribution is 0.408. The van der Waals surface area contributed by atoms with Gasteiger partial charge in [-0.3, -0.25) is 10.5 Å². The smallest absolute Gasteiger partial charge is 0.128 e. The van der Waals surface area contributed by atoms with E-state index < -0.39 is 0 Å². The Labute approximate surface area is 117 Å². The minimum Gasteiger partial charge on any atom is -0.464 e. The maximum atomic E-state index is 6.22. The lowest BCUT2D eigenvalue weighted by Crippen LogP contribution is -2.30. The maximum absolute atomic E-state index is 6.22. The Kier molecular flexibility index (Phi) is 4.63. The monoisotopic (exact) mass is 282 g/mol. The number of halogens is 1. The van der Waals surface area contributed by atoms with Gasteiger partial charge in [-0.25, -0.2) is 5.43 Å². The van der Waals surface area contributed by atoms with Crippen molar-refractivity contribution in [2.45, 2.75) is 39.3 Å². The fraction of sp³-hybridized carbons (Fsp3) is 0.462. The summed E-state index contributed by atoms with van der Waals surface area (Å²) < 4.78 is 7.62. The number of furan rings is 1. The number of hydrogen-bond acceptors (Lipinski definition) is 4. The van der Waals surface area contributed by atoms with Crippen LogP contribution >= 0.6 is 11.6 Å². The molecule has 0 amide bonds. The van der Waals surface area contributed by atoms with Crippen molar-refractivity contribution < 1.29 is 4.42 Å². The third-order valence-corrected chi connectivity index (χ3v) is 3.32. The number of nitrogens with zero attached hydrogens (tertiary/aromatic N) is 2. The molecule has 2 aromatic heterocycles. The van der Waals surface area contributed by atoms with Crippen molar-refractivity contribution in [3.8, 4) is 0 Å². The normalized spacial score (nSPS) is 12.8. The lowest BCUT2D eigenvalue weighted by atomic mass is 10.1. The molecule has 0 saturated carbocycles. The molecule has 2 rings (SSSR count). The number of hydrazine groups is 1. The van der Waals surface area contributed by atoms with Crippen LogP contribution in [0.4, 0.5) is 0 Å². The third-order valence-electron chi connectivity index (χ3n) is 3.02. The van der Waals surface area contributed by atoms with E-state index in [0.29, 0.717) is 5.02 Å². The highest BCUT2D eigenvalue weighted by Gasteiger charge is 2.23. The molecule has 0 bridgehead atoms. The fourth-order valence-electron chi connectivity index (χ4n) is 2.08. The molecule has 0 fully saturated rings. The van der Waals surface area contributed by atoms with Gasteiger partial charge in [0.2, 0.25) is 0 Å². The van der Waals surface area contributed by atoms with E-state index in [-0.39, 0.29) is 6.04 Å². The summed E-state index contributed by atoms with van der Waals surface area (Å²) in [5.74, 6) is 7.34. The highest BCUT2D eigenvalue weighted by molar-refractivity contribution is 6.31. The van der Waals surface area contributed by atoms with Crippen molar-refractivity contribution in [1.82, 2.24) is 15.2 Å².